The highest BCUT2D eigenvalue weighted by Crippen LogP contribution is 2.16. The van der Waals surface area contributed by atoms with Gasteiger partial charge in [0.25, 0.3) is 0 Å². The minimum Gasteiger partial charge on any atom is -0.294 e. The number of benzene rings is 1. The van der Waals surface area contributed by atoms with Crippen LogP contribution in [0.3, 0.4) is 0 Å². The van der Waals surface area contributed by atoms with Crippen molar-refractivity contribution in [3.05, 3.63) is 65.5 Å². The summed E-state index contributed by atoms with van der Waals surface area (Å²) in [6, 6.07) is 8.39. The molecule has 2 rings (SSSR count). The van der Waals surface area contributed by atoms with Crippen LogP contribution in [-0.4, -0.2) is 4.98 Å². The number of pyridine rings is 1. The molecule has 19 heavy (non-hydrogen) atoms. The van der Waals surface area contributed by atoms with Gasteiger partial charge < -0.3 is 0 Å². The summed E-state index contributed by atoms with van der Waals surface area (Å²) in [5, 5.41) is 12.0. The summed E-state index contributed by atoms with van der Waals surface area (Å²) in [6.07, 6.45) is 3.30. The van der Waals surface area contributed by atoms with Crippen LogP contribution in [0, 0.1) is 23.0 Å². The number of nitrogens with zero attached hydrogens (tertiary/aromatic N) is 2. The number of nitriles is 1. The van der Waals surface area contributed by atoms with Crippen molar-refractivity contribution in [2.24, 2.45) is 0 Å². The Kier molecular flexibility index (Phi) is 4.16. The molecular formula is C14H11F2N3. The molecule has 0 bridgehead atoms. The van der Waals surface area contributed by atoms with Gasteiger partial charge in [0, 0.05) is 18.9 Å². The van der Waals surface area contributed by atoms with Crippen LogP contribution in [0.5, 0.6) is 0 Å². The van der Waals surface area contributed by atoms with Gasteiger partial charge >= 0.3 is 0 Å². The van der Waals surface area contributed by atoms with E-state index in [0.29, 0.717) is 12.1 Å². The summed E-state index contributed by atoms with van der Waals surface area (Å²) < 4.78 is 26.0. The summed E-state index contributed by atoms with van der Waals surface area (Å²) in [5.41, 5.74) is 1.35. The monoisotopic (exact) mass is 259 g/mol. The van der Waals surface area contributed by atoms with Gasteiger partial charge in [0.15, 0.2) is 11.6 Å². The van der Waals surface area contributed by atoms with E-state index in [1.54, 1.807) is 12.4 Å². The Balaban J connectivity index is 2.08. The maximum Gasteiger partial charge on any atom is 0.159 e. The molecule has 2 aromatic rings. The van der Waals surface area contributed by atoms with E-state index in [4.69, 9.17) is 5.26 Å². The van der Waals surface area contributed by atoms with Crippen molar-refractivity contribution < 1.29 is 8.78 Å². The molecule has 1 heterocycles. The fourth-order valence-corrected chi connectivity index (χ4v) is 1.65. The van der Waals surface area contributed by atoms with E-state index in [0.717, 1.165) is 17.7 Å². The van der Waals surface area contributed by atoms with Crippen LogP contribution < -0.4 is 5.32 Å². The van der Waals surface area contributed by atoms with E-state index in [1.165, 1.54) is 6.07 Å². The fourth-order valence-electron chi connectivity index (χ4n) is 1.65. The summed E-state index contributed by atoms with van der Waals surface area (Å²) >= 11 is 0. The minimum atomic E-state index is -0.955. The lowest BCUT2D eigenvalue weighted by Crippen LogP contribution is -2.19. The van der Waals surface area contributed by atoms with E-state index in [-0.39, 0.29) is 0 Å². The molecule has 1 aromatic carbocycles. The zero-order valence-corrected chi connectivity index (χ0v) is 9.98. The Labute approximate surface area is 109 Å². The van der Waals surface area contributed by atoms with E-state index in [9.17, 15) is 8.78 Å². The van der Waals surface area contributed by atoms with Crippen LogP contribution in [0.25, 0.3) is 0 Å². The Morgan fingerprint density at radius 3 is 2.53 bits per heavy atom. The van der Waals surface area contributed by atoms with Gasteiger partial charge in [-0.25, -0.2) is 8.78 Å². The molecule has 1 unspecified atom stereocenters. The number of halogens is 2. The molecule has 0 saturated heterocycles. The Bertz CT molecular complexity index is 593. The van der Waals surface area contributed by atoms with Crippen LogP contribution in [0.2, 0.25) is 0 Å². The second-order valence-electron chi connectivity index (χ2n) is 3.97. The smallest absolute Gasteiger partial charge is 0.159 e. The normalized spacial score (nSPS) is 11.8. The molecule has 0 aliphatic carbocycles. The second kappa shape index (κ2) is 6.03. The average Bonchev–Trinajstić information content (AvgIpc) is 2.44. The predicted molar refractivity (Wildman–Crippen MR) is 65.8 cm³/mol. The van der Waals surface area contributed by atoms with Gasteiger partial charge in [-0.1, -0.05) is 6.07 Å². The Morgan fingerprint density at radius 1 is 1.16 bits per heavy atom. The molecule has 0 fully saturated rings. The second-order valence-corrected chi connectivity index (χ2v) is 3.97. The molecular weight excluding hydrogens is 248 g/mol. The Morgan fingerprint density at radius 2 is 1.89 bits per heavy atom. The SMILES string of the molecule is N#CC(NCc1ccncc1)c1ccc(F)c(F)c1. The first-order chi connectivity index (χ1) is 9.20. The molecule has 0 radical (unpaired) electrons. The van der Waals surface area contributed by atoms with Gasteiger partial charge in [-0.15, -0.1) is 0 Å². The number of hydrogen-bond donors (Lipinski definition) is 1. The van der Waals surface area contributed by atoms with Gasteiger partial charge in [0.2, 0.25) is 0 Å². The predicted octanol–water partition coefficient (Wildman–Crippen LogP) is 2.71. The number of rotatable bonds is 4. The number of hydrogen-bond acceptors (Lipinski definition) is 3. The van der Waals surface area contributed by atoms with Gasteiger partial charge in [0.1, 0.15) is 6.04 Å². The van der Waals surface area contributed by atoms with Crippen molar-refractivity contribution in [2.45, 2.75) is 12.6 Å². The topological polar surface area (TPSA) is 48.7 Å². The van der Waals surface area contributed by atoms with Crippen LogP contribution in [-0.2, 0) is 6.54 Å². The van der Waals surface area contributed by atoms with Gasteiger partial charge in [-0.05, 0) is 35.4 Å². The standard InChI is InChI=1S/C14H11F2N3/c15-12-2-1-11(7-13(12)16)14(8-17)19-9-10-3-5-18-6-4-10/h1-7,14,19H,9H2. The van der Waals surface area contributed by atoms with Crippen LogP contribution in [0.1, 0.15) is 17.2 Å². The average molecular weight is 259 g/mol. The highest BCUT2D eigenvalue weighted by molar-refractivity contribution is 5.26. The highest BCUT2D eigenvalue weighted by atomic mass is 19.2. The van der Waals surface area contributed by atoms with Crippen molar-refractivity contribution in [1.82, 2.24) is 10.3 Å². The van der Waals surface area contributed by atoms with Gasteiger partial charge in [-0.3, -0.25) is 10.3 Å². The van der Waals surface area contributed by atoms with Crippen LogP contribution >= 0.6 is 0 Å². The number of nitrogens with one attached hydrogen (secondary N) is 1. The zero-order valence-electron chi connectivity index (χ0n) is 9.98. The molecule has 96 valence electrons. The maximum atomic E-state index is 13.1. The molecule has 0 aliphatic heterocycles. The van der Waals surface area contributed by atoms with E-state index >= 15 is 0 Å². The third-order valence-electron chi connectivity index (χ3n) is 2.67. The number of aromatic nitrogens is 1. The summed E-state index contributed by atoms with van der Waals surface area (Å²) in [6.45, 7) is 0.444. The lowest BCUT2D eigenvalue weighted by molar-refractivity contribution is 0.504. The van der Waals surface area contributed by atoms with Crippen LogP contribution in [0.4, 0.5) is 8.78 Å². The summed E-state index contributed by atoms with van der Waals surface area (Å²) in [4.78, 5) is 3.89. The third kappa shape index (κ3) is 3.33. The van der Waals surface area contributed by atoms with Crippen molar-refractivity contribution in [2.75, 3.05) is 0 Å². The zero-order chi connectivity index (χ0) is 13.7. The fraction of sp³-hybridized carbons (Fsp3) is 0.143. The highest BCUT2D eigenvalue weighted by Gasteiger charge is 2.12. The molecule has 1 aromatic heterocycles. The van der Waals surface area contributed by atoms with Crippen molar-refractivity contribution in [1.29, 1.82) is 5.26 Å². The van der Waals surface area contributed by atoms with E-state index < -0.39 is 17.7 Å². The molecule has 1 N–H and O–H groups in total. The first kappa shape index (κ1) is 13.1. The lowest BCUT2D eigenvalue weighted by Gasteiger charge is -2.12. The van der Waals surface area contributed by atoms with E-state index in [2.05, 4.69) is 10.3 Å². The third-order valence-corrected chi connectivity index (χ3v) is 2.67. The largest absolute Gasteiger partial charge is 0.294 e. The van der Waals surface area contributed by atoms with Gasteiger partial charge in [-0.2, -0.15) is 5.26 Å². The summed E-state index contributed by atoms with van der Waals surface area (Å²) in [5.74, 6) is -1.88. The van der Waals surface area contributed by atoms with Crippen molar-refractivity contribution in [3.63, 3.8) is 0 Å². The summed E-state index contributed by atoms with van der Waals surface area (Å²) in [7, 11) is 0. The van der Waals surface area contributed by atoms with Crippen molar-refractivity contribution >= 4 is 0 Å². The molecule has 0 amide bonds. The van der Waals surface area contributed by atoms with Gasteiger partial charge in [0.05, 0.1) is 6.07 Å². The first-order valence-electron chi connectivity index (χ1n) is 5.67. The first-order valence-corrected chi connectivity index (χ1v) is 5.67. The van der Waals surface area contributed by atoms with Crippen LogP contribution in [0.15, 0.2) is 42.7 Å². The minimum absolute atomic E-state index is 0.399. The lowest BCUT2D eigenvalue weighted by atomic mass is 10.1. The molecule has 1 atom stereocenters. The Hall–Kier alpha value is -2.32. The molecule has 0 spiro atoms. The molecule has 3 nitrogen and oxygen atoms in total. The molecule has 0 saturated carbocycles. The molecule has 5 heteroatoms. The van der Waals surface area contributed by atoms with E-state index in [1.807, 2.05) is 18.2 Å². The molecule has 0 aliphatic rings. The maximum absolute atomic E-state index is 13.1. The van der Waals surface area contributed by atoms with Crippen molar-refractivity contribution in [3.8, 4) is 6.07 Å². The quantitative estimate of drug-likeness (QED) is 0.918.